The van der Waals surface area contributed by atoms with E-state index in [0.29, 0.717) is 17.3 Å². The maximum atomic E-state index is 5.84. The van der Waals surface area contributed by atoms with Crippen LogP contribution in [0.2, 0.25) is 0 Å². The Morgan fingerprint density at radius 2 is 1.67 bits per heavy atom. The molecule has 0 saturated heterocycles. The number of nitrogens with two attached hydrogens (primary N) is 2. The highest BCUT2D eigenvalue weighted by molar-refractivity contribution is 5.88. The van der Waals surface area contributed by atoms with Gasteiger partial charge in [-0.15, -0.1) is 0 Å². The molecular weight excluding hydrogens is 224 g/mol. The van der Waals surface area contributed by atoms with Gasteiger partial charge in [-0.1, -0.05) is 36.4 Å². The fourth-order valence-electron chi connectivity index (χ4n) is 1.98. The summed E-state index contributed by atoms with van der Waals surface area (Å²) in [6.07, 6.45) is 1.51. The van der Waals surface area contributed by atoms with Crippen molar-refractivity contribution in [2.24, 2.45) is 0 Å². The smallest absolute Gasteiger partial charge is 0.152 e. The average Bonchev–Trinajstić information content (AvgIpc) is 2.38. The van der Waals surface area contributed by atoms with Gasteiger partial charge in [-0.3, -0.25) is 0 Å². The number of aromatic nitrogens is 2. The number of nitrogens with zero attached hydrogens (tertiary/aromatic N) is 2. The van der Waals surface area contributed by atoms with Gasteiger partial charge in [0.1, 0.15) is 11.5 Å². The predicted octanol–water partition coefficient (Wildman–Crippen LogP) is 2.46. The molecule has 0 spiro atoms. The van der Waals surface area contributed by atoms with Crippen molar-refractivity contribution >= 4 is 22.4 Å². The maximum absolute atomic E-state index is 5.84. The van der Waals surface area contributed by atoms with Gasteiger partial charge in [0, 0.05) is 5.56 Å². The van der Waals surface area contributed by atoms with Crippen LogP contribution < -0.4 is 11.5 Å². The molecule has 18 heavy (non-hydrogen) atoms. The molecule has 0 amide bonds. The van der Waals surface area contributed by atoms with Crippen molar-refractivity contribution in [1.29, 1.82) is 0 Å². The summed E-state index contributed by atoms with van der Waals surface area (Å²) in [5, 5.41) is 2.33. The van der Waals surface area contributed by atoms with E-state index in [0.717, 1.165) is 10.9 Å². The van der Waals surface area contributed by atoms with E-state index in [4.69, 9.17) is 11.5 Å². The van der Waals surface area contributed by atoms with E-state index in [2.05, 4.69) is 22.1 Å². The lowest BCUT2D eigenvalue weighted by Crippen LogP contribution is -2.00. The maximum Gasteiger partial charge on any atom is 0.152 e. The molecule has 0 saturated carbocycles. The van der Waals surface area contributed by atoms with Crippen molar-refractivity contribution in [3.05, 3.63) is 48.7 Å². The van der Waals surface area contributed by atoms with Crippen LogP contribution in [0.25, 0.3) is 22.0 Å². The van der Waals surface area contributed by atoms with E-state index < -0.39 is 0 Å². The Bertz CT molecular complexity index is 722. The number of hydrogen-bond acceptors (Lipinski definition) is 4. The zero-order valence-electron chi connectivity index (χ0n) is 9.67. The molecule has 3 aromatic rings. The van der Waals surface area contributed by atoms with Crippen LogP contribution in [-0.4, -0.2) is 9.97 Å². The molecule has 88 valence electrons. The summed E-state index contributed by atoms with van der Waals surface area (Å²) in [7, 11) is 0. The molecule has 1 heterocycles. The van der Waals surface area contributed by atoms with E-state index in [1.54, 1.807) is 0 Å². The van der Waals surface area contributed by atoms with Gasteiger partial charge in [0.05, 0.1) is 6.20 Å². The Balaban J connectivity index is 2.19. The third kappa shape index (κ3) is 1.73. The van der Waals surface area contributed by atoms with E-state index >= 15 is 0 Å². The molecular formula is C14H12N4. The number of fused-ring (bicyclic) bond motifs is 1. The summed E-state index contributed by atoms with van der Waals surface area (Å²) in [4.78, 5) is 8.27. The summed E-state index contributed by atoms with van der Waals surface area (Å²) in [6, 6.07) is 14.2. The fraction of sp³-hybridized carbons (Fsp3) is 0. The molecule has 0 fully saturated rings. The van der Waals surface area contributed by atoms with Crippen LogP contribution in [0.1, 0.15) is 0 Å². The molecule has 0 aliphatic heterocycles. The molecule has 4 heteroatoms. The summed E-state index contributed by atoms with van der Waals surface area (Å²) in [6.45, 7) is 0. The van der Waals surface area contributed by atoms with Gasteiger partial charge in [-0.2, -0.15) is 0 Å². The first kappa shape index (κ1) is 10.5. The highest BCUT2D eigenvalue weighted by atomic mass is 15.0. The Morgan fingerprint density at radius 3 is 2.44 bits per heavy atom. The quantitative estimate of drug-likeness (QED) is 0.680. The molecule has 3 rings (SSSR count). The average molecular weight is 236 g/mol. The highest BCUT2D eigenvalue weighted by Crippen LogP contribution is 2.26. The molecule has 0 unspecified atom stereocenters. The number of anilines is 2. The Kier molecular flexibility index (Phi) is 2.34. The van der Waals surface area contributed by atoms with E-state index in [1.165, 1.54) is 11.6 Å². The summed E-state index contributed by atoms with van der Waals surface area (Å²) in [5.41, 5.74) is 13.0. The largest absolute Gasteiger partial charge is 0.382 e. The first-order valence-electron chi connectivity index (χ1n) is 5.61. The number of rotatable bonds is 1. The van der Waals surface area contributed by atoms with Crippen LogP contribution >= 0.6 is 0 Å². The second-order valence-electron chi connectivity index (χ2n) is 4.09. The van der Waals surface area contributed by atoms with Gasteiger partial charge in [0.15, 0.2) is 5.82 Å². The molecule has 0 radical (unpaired) electrons. The molecule has 0 aliphatic rings. The lowest BCUT2D eigenvalue weighted by molar-refractivity contribution is 1.23. The molecule has 0 bridgehead atoms. The summed E-state index contributed by atoms with van der Waals surface area (Å²) in [5.74, 6) is 0.683. The van der Waals surface area contributed by atoms with Gasteiger partial charge in [-0.05, 0) is 16.8 Å². The van der Waals surface area contributed by atoms with Crippen molar-refractivity contribution < 1.29 is 0 Å². The Morgan fingerprint density at radius 1 is 0.889 bits per heavy atom. The van der Waals surface area contributed by atoms with Crippen LogP contribution in [0.5, 0.6) is 0 Å². The molecule has 4 nitrogen and oxygen atoms in total. The first-order valence-corrected chi connectivity index (χ1v) is 5.61. The predicted molar refractivity (Wildman–Crippen MR) is 73.8 cm³/mol. The van der Waals surface area contributed by atoms with Gasteiger partial charge in [0.25, 0.3) is 0 Å². The highest BCUT2D eigenvalue weighted by Gasteiger charge is 2.06. The first-order chi connectivity index (χ1) is 8.74. The SMILES string of the molecule is Nc1cnc(-c2ccc3ccccc3c2)c(N)n1. The normalized spacial score (nSPS) is 10.7. The van der Waals surface area contributed by atoms with E-state index in [-0.39, 0.29) is 0 Å². The Hall–Kier alpha value is -2.62. The van der Waals surface area contributed by atoms with Crippen LogP contribution in [-0.2, 0) is 0 Å². The standard InChI is InChI=1S/C14H12N4/c15-12-8-17-13(14(16)18-12)11-6-5-9-3-1-2-4-10(9)7-11/h1-8H,(H4,15,16,18). The third-order valence-corrected chi connectivity index (χ3v) is 2.84. The lowest BCUT2D eigenvalue weighted by atomic mass is 10.0. The summed E-state index contributed by atoms with van der Waals surface area (Å²) >= 11 is 0. The topological polar surface area (TPSA) is 77.8 Å². The molecule has 0 atom stereocenters. The van der Waals surface area contributed by atoms with Crippen LogP contribution in [0.3, 0.4) is 0 Å². The van der Waals surface area contributed by atoms with Gasteiger partial charge in [0.2, 0.25) is 0 Å². The van der Waals surface area contributed by atoms with Crippen molar-refractivity contribution in [3.63, 3.8) is 0 Å². The van der Waals surface area contributed by atoms with Crippen molar-refractivity contribution in [2.75, 3.05) is 11.5 Å². The van der Waals surface area contributed by atoms with Crippen molar-refractivity contribution in [3.8, 4) is 11.3 Å². The van der Waals surface area contributed by atoms with Crippen LogP contribution in [0, 0.1) is 0 Å². The number of benzene rings is 2. The second kappa shape index (κ2) is 4.00. The zero-order valence-corrected chi connectivity index (χ0v) is 9.67. The minimum absolute atomic E-state index is 0.331. The van der Waals surface area contributed by atoms with Crippen LogP contribution in [0.15, 0.2) is 48.7 Å². The van der Waals surface area contributed by atoms with Gasteiger partial charge >= 0.3 is 0 Å². The fourth-order valence-corrected chi connectivity index (χ4v) is 1.98. The second-order valence-corrected chi connectivity index (χ2v) is 4.09. The molecule has 1 aromatic heterocycles. The zero-order chi connectivity index (χ0) is 12.5. The molecule has 2 aromatic carbocycles. The lowest BCUT2D eigenvalue weighted by Gasteiger charge is -2.06. The minimum atomic E-state index is 0.331. The van der Waals surface area contributed by atoms with Crippen molar-refractivity contribution in [1.82, 2.24) is 9.97 Å². The summed E-state index contributed by atoms with van der Waals surface area (Å²) < 4.78 is 0. The molecule has 0 aliphatic carbocycles. The monoisotopic (exact) mass is 236 g/mol. The van der Waals surface area contributed by atoms with Gasteiger partial charge < -0.3 is 11.5 Å². The van der Waals surface area contributed by atoms with E-state index in [9.17, 15) is 0 Å². The Labute approximate surface area is 104 Å². The van der Waals surface area contributed by atoms with Crippen molar-refractivity contribution in [2.45, 2.75) is 0 Å². The van der Waals surface area contributed by atoms with E-state index in [1.807, 2.05) is 30.3 Å². The van der Waals surface area contributed by atoms with Crippen LogP contribution in [0.4, 0.5) is 11.6 Å². The number of hydrogen-bond donors (Lipinski definition) is 2. The number of nitrogen functional groups attached to an aromatic ring is 2. The van der Waals surface area contributed by atoms with Gasteiger partial charge in [-0.25, -0.2) is 9.97 Å². The third-order valence-electron chi connectivity index (χ3n) is 2.84. The minimum Gasteiger partial charge on any atom is -0.382 e. The molecule has 4 N–H and O–H groups in total.